The van der Waals surface area contributed by atoms with Gasteiger partial charge in [0.25, 0.3) is 6.43 Å². The van der Waals surface area contributed by atoms with E-state index in [-0.39, 0.29) is 24.3 Å². The Hall–Kier alpha value is -1.04. The van der Waals surface area contributed by atoms with Crippen molar-refractivity contribution in [3.63, 3.8) is 0 Å². The minimum absolute atomic E-state index is 0.0443. The number of alkyl halides is 2. The first-order valence-corrected chi connectivity index (χ1v) is 5.43. The number of esters is 1. The van der Waals surface area contributed by atoms with Crippen LogP contribution in [0.1, 0.15) is 24.6 Å². The molecular weight excluding hydrogens is 284 g/mol. The largest absolute Gasteiger partial charge is 0.466 e. The Bertz CT molecular complexity index is 385. The molecule has 0 spiro atoms. The normalized spacial score (nSPS) is 10.6. The van der Waals surface area contributed by atoms with Crippen molar-refractivity contribution in [2.24, 2.45) is 0 Å². The molecule has 1 heterocycles. The van der Waals surface area contributed by atoms with Crippen molar-refractivity contribution in [3.05, 3.63) is 28.0 Å². The third-order valence-electron chi connectivity index (χ3n) is 1.83. The van der Waals surface area contributed by atoms with E-state index in [2.05, 4.69) is 25.7 Å². The van der Waals surface area contributed by atoms with Gasteiger partial charge in [0.2, 0.25) is 0 Å². The van der Waals surface area contributed by atoms with Crippen molar-refractivity contribution in [2.75, 3.05) is 6.61 Å². The van der Waals surface area contributed by atoms with Crippen LogP contribution in [0.3, 0.4) is 0 Å². The van der Waals surface area contributed by atoms with Gasteiger partial charge in [-0.1, -0.05) is 0 Å². The fourth-order valence-corrected chi connectivity index (χ4v) is 1.52. The van der Waals surface area contributed by atoms with Crippen molar-refractivity contribution in [1.82, 2.24) is 4.98 Å². The number of carbonyl (C=O) groups is 1. The van der Waals surface area contributed by atoms with Gasteiger partial charge in [-0.2, -0.15) is 0 Å². The van der Waals surface area contributed by atoms with Crippen LogP contribution in [0.2, 0.25) is 0 Å². The van der Waals surface area contributed by atoms with E-state index in [1.165, 1.54) is 12.1 Å². The average Bonchev–Trinajstić information content (AvgIpc) is 2.17. The molecule has 0 bridgehead atoms. The maximum atomic E-state index is 12.6. The van der Waals surface area contributed by atoms with Crippen molar-refractivity contribution in [3.8, 4) is 0 Å². The summed E-state index contributed by atoms with van der Waals surface area (Å²) in [6.07, 6.45) is -2.89. The molecule has 6 heteroatoms. The van der Waals surface area contributed by atoms with Crippen LogP contribution in [0.15, 0.2) is 16.7 Å². The Morgan fingerprint density at radius 3 is 2.81 bits per heavy atom. The predicted molar refractivity (Wildman–Crippen MR) is 57.2 cm³/mol. The van der Waals surface area contributed by atoms with Gasteiger partial charge in [-0.15, -0.1) is 0 Å². The molecule has 0 aliphatic carbocycles. The van der Waals surface area contributed by atoms with Gasteiger partial charge in [-0.25, -0.2) is 13.8 Å². The highest BCUT2D eigenvalue weighted by Crippen LogP contribution is 2.23. The molecule has 88 valence electrons. The Balaban J connectivity index is 2.92. The first-order chi connectivity index (χ1) is 7.54. The highest BCUT2D eigenvalue weighted by Gasteiger charge is 2.17. The molecule has 0 radical (unpaired) electrons. The quantitative estimate of drug-likeness (QED) is 0.633. The van der Waals surface area contributed by atoms with Crippen LogP contribution in [-0.2, 0) is 16.0 Å². The second-order valence-electron chi connectivity index (χ2n) is 2.95. The zero-order chi connectivity index (χ0) is 12.1. The molecule has 0 unspecified atom stereocenters. The fourth-order valence-electron chi connectivity index (χ4n) is 1.17. The Kier molecular flexibility index (Phi) is 4.79. The summed E-state index contributed by atoms with van der Waals surface area (Å²) in [4.78, 5) is 15.0. The average molecular weight is 294 g/mol. The van der Waals surface area contributed by atoms with Gasteiger partial charge in [-0.3, -0.25) is 4.79 Å². The van der Waals surface area contributed by atoms with Crippen LogP contribution in [0, 0.1) is 0 Å². The van der Waals surface area contributed by atoms with E-state index in [4.69, 9.17) is 0 Å². The minimum atomic E-state index is -2.65. The summed E-state index contributed by atoms with van der Waals surface area (Å²) in [7, 11) is 0. The number of hydrogen-bond donors (Lipinski definition) is 0. The van der Waals surface area contributed by atoms with Gasteiger partial charge < -0.3 is 4.74 Å². The van der Waals surface area contributed by atoms with E-state index in [1.807, 2.05) is 0 Å². The molecule has 0 aliphatic rings. The van der Waals surface area contributed by atoms with Crippen molar-refractivity contribution >= 4 is 21.9 Å². The highest BCUT2D eigenvalue weighted by molar-refractivity contribution is 9.10. The molecule has 0 saturated heterocycles. The molecule has 0 N–H and O–H groups in total. The SMILES string of the molecule is CCOC(=O)Cc1nc(Br)ccc1C(F)F. The molecule has 16 heavy (non-hydrogen) atoms. The zero-order valence-corrected chi connectivity index (χ0v) is 10.1. The van der Waals surface area contributed by atoms with E-state index in [0.717, 1.165) is 0 Å². The zero-order valence-electron chi connectivity index (χ0n) is 8.54. The summed E-state index contributed by atoms with van der Waals surface area (Å²) < 4.78 is 30.3. The van der Waals surface area contributed by atoms with E-state index < -0.39 is 12.4 Å². The Morgan fingerprint density at radius 2 is 2.25 bits per heavy atom. The number of pyridine rings is 1. The number of ether oxygens (including phenoxy) is 1. The van der Waals surface area contributed by atoms with Crippen molar-refractivity contribution in [2.45, 2.75) is 19.8 Å². The molecule has 0 aromatic carbocycles. The molecule has 0 aliphatic heterocycles. The summed E-state index contributed by atoms with van der Waals surface area (Å²) in [5.41, 5.74) is -0.195. The Labute approximate surface area is 99.9 Å². The second-order valence-corrected chi connectivity index (χ2v) is 3.76. The van der Waals surface area contributed by atoms with Crippen LogP contribution in [0.4, 0.5) is 8.78 Å². The first kappa shape index (κ1) is 13.0. The highest BCUT2D eigenvalue weighted by atomic mass is 79.9. The topological polar surface area (TPSA) is 39.2 Å². The van der Waals surface area contributed by atoms with E-state index in [1.54, 1.807) is 6.92 Å². The van der Waals surface area contributed by atoms with Crippen molar-refractivity contribution < 1.29 is 18.3 Å². The fraction of sp³-hybridized carbons (Fsp3) is 0.400. The molecule has 0 atom stereocenters. The van der Waals surface area contributed by atoms with Gasteiger partial charge >= 0.3 is 5.97 Å². The molecule has 1 rings (SSSR count). The monoisotopic (exact) mass is 293 g/mol. The molecule has 3 nitrogen and oxygen atoms in total. The Morgan fingerprint density at radius 1 is 1.56 bits per heavy atom. The summed E-state index contributed by atoms with van der Waals surface area (Å²) in [5, 5.41) is 0. The number of carbonyl (C=O) groups excluding carboxylic acids is 1. The number of nitrogens with zero attached hydrogens (tertiary/aromatic N) is 1. The van der Waals surface area contributed by atoms with Gasteiger partial charge in [0.15, 0.2) is 0 Å². The van der Waals surface area contributed by atoms with Gasteiger partial charge in [0.1, 0.15) is 4.60 Å². The summed E-state index contributed by atoms with van der Waals surface area (Å²) >= 11 is 3.07. The van der Waals surface area contributed by atoms with Gasteiger partial charge in [-0.05, 0) is 35.0 Å². The van der Waals surface area contributed by atoms with Crippen LogP contribution in [0.5, 0.6) is 0 Å². The predicted octanol–water partition coefficient (Wildman–Crippen LogP) is 2.89. The van der Waals surface area contributed by atoms with Crippen LogP contribution < -0.4 is 0 Å². The summed E-state index contributed by atoms with van der Waals surface area (Å²) in [6.45, 7) is 1.87. The summed E-state index contributed by atoms with van der Waals surface area (Å²) in [6, 6.07) is 2.66. The van der Waals surface area contributed by atoms with E-state index in [9.17, 15) is 13.6 Å². The smallest absolute Gasteiger partial charge is 0.311 e. The molecule has 0 saturated carbocycles. The summed E-state index contributed by atoms with van der Waals surface area (Å²) in [5.74, 6) is -0.560. The molecular formula is C10H10BrF2NO2. The number of hydrogen-bond acceptors (Lipinski definition) is 3. The number of rotatable bonds is 4. The van der Waals surface area contributed by atoms with E-state index in [0.29, 0.717) is 4.60 Å². The van der Waals surface area contributed by atoms with Crippen LogP contribution in [0.25, 0.3) is 0 Å². The minimum Gasteiger partial charge on any atom is -0.466 e. The molecule has 1 aromatic rings. The van der Waals surface area contributed by atoms with Gasteiger partial charge in [0.05, 0.1) is 18.7 Å². The number of halogens is 3. The lowest BCUT2D eigenvalue weighted by Crippen LogP contribution is -2.11. The molecule has 0 fully saturated rings. The lowest BCUT2D eigenvalue weighted by molar-refractivity contribution is -0.142. The molecule has 1 aromatic heterocycles. The van der Waals surface area contributed by atoms with Crippen molar-refractivity contribution in [1.29, 1.82) is 0 Å². The van der Waals surface area contributed by atoms with E-state index >= 15 is 0 Å². The van der Waals surface area contributed by atoms with Crippen LogP contribution >= 0.6 is 15.9 Å². The lowest BCUT2D eigenvalue weighted by atomic mass is 10.1. The second kappa shape index (κ2) is 5.89. The lowest BCUT2D eigenvalue weighted by Gasteiger charge is -2.07. The maximum absolute atomic E-state index is 12.6. The van der Waals surface area contributed by atoms with Crippen LogP contribution in [-0.4, -0.2) is 17.6 Å². The number of aromatic nitrogens is 1. The first-order valence-electron chi connectivity index (χ1n) is 4.63. The van der Waals surface area contributed by atoms with Gasteiger partial charge in [0, 0.05) is 5.56 Å². The maximum Gasteiger partial charge on any atom is 0.311 e. The third kappa shape index (κ3) is 3.52. The third-order valence-corrected chi connectivity index (χ3v) is 2.27. The standard InChI is InChI=1S/C10H10BrF2NO2/c1-2-16-9(15)5-7-6(10(12)13)3-4-8(11)14-7/h3-4,10H,2,5H2,1H3. The molecule has 0 amide bonds.